The number of nitrogens with zero attached hydrogens (tertiary/aromatic N) is 2. The predicted molar refractivity (Wildman–Crippen MR) is 113 cm³/mol. The van der Waals surface area contributed by atoms with E-state index < -0.39 is 23.5 Å². The number of aliphatic carboxylic acids is 1. The number of nitrogens with one attached hydrogen (secondary N) is 1. The molecule has 2 N–H and O–H groups in total. The number of amides is 1. The largest absolute Gasteiger partial charge is 0.483 e. The van der Waals surface area contributed by atoms with E-state index in [-0.39, 0.29) is 18.5 Å². The van der Waals surface area contributed by atoms with Crippen LogP contribution in [0.1, 0.15) is 25.8 Å². The average Bonchev–Trinajstić information content (AvgIpc) is 2.77. The molecule has 1 aliphatic heterocycles. The number of morpholine rings is 1. The maximum Gasteiger partial charge on any atom is 0.326 e. The number of carboxylic acid groups (broad SMARTS) is 1. The van der Waals surface area contributed by atoms with Gasteiger partial charge in [-0.2, -0.15) is 4.98 Å². The van der Waals surface area contributed by atoms with Gasteiger partial charge in [-0.3, -0.25) is 9.59 Å². The Labute approximate surface area is 179 Å². The van der Waals surface area contributed by atoms with Crippen molar-refractivity contribution in [2.45, 2.75) is 33.2 Å². The first-order valence-corrected chi connectivity index (χ1v) is 10.2. The zero-order valence-electron chi connectivity index (χ0n) is 17.8. The Morgan fingerprint density at radius 1 is 1.32 bits per heavy atom. The summed E-state index contributed by atoms with van der Waals surface area (Å²) in [5, 5.41) is 12.1. The third-order valence-electron chi connectivity index (χ3n) is 5.41. The van der Waals surface area contributed by atoms with Crippen molar-refractivity contribution in [1.29, 1.82) is 0 Å². The second kappa shape index (κ2) is 9.78. The van der Waals surface area contributed by atoms with Gasteiger partial charge in [0, 0.05) is 18.7 Å². The number of rotatable bonds is 8. The fourth-order valence-electron chi connectivity index (χ4n) is 3.32. The molecule has 3 rings (SSSR count). The van der Waals surface area contributed by atoms with E-state index in [1.807, 2.05) is 11.8 Å². The SMILES string of the molecule is CCC(C)C(NC(=O)COc1ccc2c(=O)nc(N3CCOCC3)oc2c1C)C(=O)O. The quantitative estimate of drug-likeness (QED) is 0.633. The normalized spacial score (nSPS) is 16.0. The third-order valence-corrected chi connectivity index (χ3v) is 5.41. The van der Waals surface area contributed by atoms with Crippen molar-refractivity contribution < 1.29 is 28.6 Å². The van der Waals surface area contributed by atoms with Gasteiger partial charge in [0.05, 0.1) is 18.6 Å². The van der Waals surface area contributed by atoms with Gasteiger partial charge in [0.25, 0.3) is 11.5 Å². The lowest BCUT2D eigenvalue weighted by atomic mass is 9.99. The van der Waals surface area contributed by atoms with Crippen molar-refractivity contribution in [3.8, 4) is 5.75 Å². The Hall–Kier alpha value is -3.14. The average molecular weight is 433 g/mol. The molecule has 1 amide bonds. The molecule has 0 spiro atoms. The first-order chi connectivity index (χ1) is 14.8. The standard InChI is InChI=1S/C21H27N3O7/c1-4-12(2)17(20(27)28)22-16(25)11-30-15-6-5-14-18(13(15)3)31-21(23-19(14)26)24-7-9-29-10-8-24/h5-6,12,17H,4,7-11H2,1-3H3,(H,22,25)(H,27,28). The van der Waals surface area contributed by atoms with Crippen LogP contribution in [0.4, 0.5) is 6.01 Å². The molecule has 0 aliphatic carbocycles. The fraction of sp³-hybridized carbons (Fsp3) is 0.524. The van der Waals surface area contributed by atoms with Crippen molar-refractivity contribution in [3.63, 3.8) is 0 Å². The molecule has 2 aromatic rings. The molecule has 2 unspecified atom stereocenters. The third kappa shape index (κ3) is 5.13. The van der Waals surface area contributed by atoms with Crippen LogP contribution in [-0.4, -0.2) is 60.9 Å². The van der Waals surface area contributed by atoms with Crippen molar-refractivity contribution in [2.24, 2.45) is 5.92 Å². The minimum absolute atomic E-state index is 0.218. The maximum absolute atomic E-state index is 12.5. The van der Waals surface area contributed by atoms with Gasteiger partial charge in [0.15, 0.2) is 12.2 Å². The second-order valence-corrected chi connectivity index (χ2v) is 7.52. The Balaban J connectivity index is 1.78. The summed E-state index contributed by atoms with van der Waals surface area (Å²) in [7, 11) is 0. The summed E-state index contributed by atoms with van der Waals surface area (Å²) in [6, 6.07) is 2.34. The molecule has 168 valence electrons. The van der Waals surface area contributed by atoms with Gasteiger partial charge in [0.2, 0.25) is 0 Å². The van der Waals surface area contributed by atoms with Crippen LogP contribution in [0.3, 0.4) is 0 Å². The number of hydrogen-bond donors (Lipinski definition) is 2. The molecule has 10 nitrogen and oxygen atoms in total. The Kier molecular flexibility index (Phi) is 7.11. The summed E-state index contributed by atoms with van der Waals surface area (Å²) in [5.74, 6) is -1.49. The van der Waals surface area contributed by atoms with Gasteiger partial charge in [-0.15, -0.1) is 0 Å². The fourth-order valence-corrected chi connectivity index (χ4v) is 3.32. The zero-order valence-corrected chi connectivity index (χ0v) is 17.8. The van der Waals surface area contributed by atoms with Gasteiger partial charge in [0.1, 0.15) is 11.8 Å². The number of aromatic nitrogens is 1. The first-order valence-electron chi connectivity index (χ1n) is 10.2. The molecule has 2 atom stereocenters. The lowest BCUT2D eigenvalue weighted by molar-refractivity contribution is -0.143. The summed E-state index contributed by atoms with van der Waals surface area (Å²) in [6.07, 6.45) is 0.612. The summed E-state index contributed by atoms with van der Waals surface area (Å²) >= 11 is 0. The number of fused-ring (bicyclic) bond motifs is 1. The van der Waals surface area contributed by atoms with E-state index in [9.17, 15) is 19.5 Å². The van der Waals surface area contributed by atoms with Gasteiger partial charge >= 0.3 is 12.0 Å². The van der Waals surface area contributed by atoms with E-state index in [2.05, 4.69) is 10.3 Å². The van der Waals surface area contributed by atoms with Crippen LogP contribution in [0.25, 0.3) is 11.0 Å². The van der Waals surface area contributed by atoms with E-state index >= 15 is 0 Å². The minimum Gasteiger partial charge on any atom is -0.483 e. The second-order valence-electron chi connectivity index (χ2n) is 7.52. The smallest absolute Gasteiger partial charge is 0.326 e. The van der Waals surface area contributed by atoms with Gasteiger partial charge in [-0.1, -0.05) is 20.3 Å². The lowest BCUT2D eigenvalue weighted by Crippen LogP contribution is -2.46. The first kappa shape index (κ1) is 22.5. The maximum atomic E-state index is 12.5. The molecule has 2 heterocycles. The molecular weight excluding hydrogens is 406 g/mol. The zero-order chi connectivity index (χ0) is 22.5. The summed E-state index contributed by atoms with van der Waals surface area (Å²) < 4.78 is 16.8. The van der Waals surface area contributed by atoms with Gasteiger partial charge < -0.3 is 29.2 Å². The highest BCUT2D eigenvalue weighted by Crippen LogP contribution is 2.28. The molecule has 31 heavy (non-hydrogen) atoms. The molecule has 1 aromatic carbocycles. The van der Waals surface area contributed by atoms with Crippen molar-refractivity contribution >= 4 is 28.9 Å². The molecule has 10 heteroatoms. The molecule has 1 saturated heterocycles. The number of benzene rings is 1. The van der Waals surface area contributed by atoms with Crippen LogP contribution < -0.4 is 20.5 Å². The van der Waals surface area contributed by atoms with E-state index in [4.69, 9.17) is 13.9 Å². The van der Waals surface area contributed by atoms with Crippen LogP contribution in [0, 0.1) is 12.8 Å². The number of aryl methyl sites for hydroxylation is 1. The lowest BCUT2D eigenvalue weighted by Gasteiger charge is -2.26. The van der Waals surface area contributed by atoms with Gasteiger partial charge in [-0.25, -0.2) is 4.79 Å². The number of hydrogen-bond acceptors (Lipinski definition) is 8. The highest BCUT2D eigenvalue weighted by atomic mass is 16.5. The number of carbonyl (C=O) groups is 2. The topological polar surface area (TPSA) is 131 Å². The molecule has 1 fully saturated rings. The number of ether oxygens (including phenoxy) is 2. The van der Waals surface area contributed by atoms with E-state index in [0.717, 1.165) is 0 Å². The van der Waals surface area contributed by atoms with Crippen LogP contribution in [0.5, 0.6) is 5.75 Å². The van der Waals surface area contributed by atoms with E-state index in [0.29, 0.717) is 55.0 Å². The van der Waals surface area contributed by atoms with Gasteiger partial charge in [-0.05, 0) is 25.0 Å². The molecular formula is C21H27N3O7. The van der Waals surface area contributed by atoms with Crippen LogP contribution in [0.15, 0.2) is 21.3 Å². The monoisotopic (exact) mass is 433 g/mol. The van der Waals surface area contributed by atoms with E-state index in [1.165, 1.54) is 6.07 Å². The summed E-state index contributed by atoms with van der Waals surface area (Å²) in [4.78, 5) is 42.0. The Morgan fingerprint density at radius 3 is 2.68 bits per heavy atom. The highest BCUT2D eigenvalue weighted by molar-refractivity contribution is 5.85. The van der Waals surface area contributed by atoms with Crippen LogP contribution in [0.2, 0.25) is 0 Å². The van der Waals surface area contributed by atoms with Crippen molar-refractivity contribution in [1.82, 2.24) is 10.3 Å². The molecule has 0 saturated carbocycles. The molecule has 0 bridgehead atoms. The molecule has 1 aliphatic rings. The minimum atomic E-state index is -1.09. The Morgan fingerprint density at radius 2 is 2.03 bits per heavy atom. The van der Waals surface area contributed by atoms with Crippen molar-refractivity contribution in [3.05, 3.63) is 28.0 Å². The number of carbonyl (C=O) groups excluding carboxylic acids is 1. The van der Waals surface area contributed by atoms with Crippen LogP contribution in [-0.2, 0) is 14.3 Å². The highest BCUT2D eigenvalue weighted by Gasteiger charge is 2.25. The molecule has 0 radical (unpaired) electrons. The number of carboxylic acids is 1. The van der Waals surface area contributed by atoms with E-state index in [1.54, 1.807) is 19.9 Å². The number of anilines is 1. The summed E-state index contributed by atoms with van der Waals surface area (Å²) in [5.41, 5.74) is 0.478. The molecule has 1 aromatic heterocycles. The predicted octanol–water partition coefficient (Wildman–Crippen LogP) is 1.33. The Bertz CT molecular complexity index is 1010. The summed E-state index contributed by atoms with van der Waals surface area (Å²) in [6.45, 7) is 7.16. The van der Waals surface area contributed by atoms with Crippen LogP contribution >= 0.6 is 0 Å². The van der Waals surface area contributed by atoms with Crippen molar-refractivity contribution in [2.75, 3.05) is 37.8 Å².